The third-order valence-corrected chi connectivity index (χ3v) is 3.06. The lowest BCUT2D eigenvalue weighted by Crippen LogP contribution is -2.34. The van der Waals surface area contributed by atoms with Gasteiger partial charge in [0.25, 0.3) is 0 Å². The highest BCUT2D eigenvalue weighted by molar-refractivity contribution is 6.39. The zero-order valence-electron chi connectivity index (χ0n) is 11.5. The van der Waals surface area contributed by atoms with Gasteiger partial charge in [0.1, 0.15) is 0 Å². The lowest BCUT2D eigenvalue weighted by molar-refractivity contribution is -0.136. The largest absolute Gasteiger partial charge is 0.345 e. The van der Waals surface area contributed by atoms with Gasteiger partial charge in [-0.25, -0.2) is 4.98 Å². The molecule has 110 valence electrons. The average molecular weight is 295 g/mol. The highest BCUT2D eigenvalue weighted by Crippen LogP contribution is 2.15. The van der Waals surface area contributed by atoms with E-state index in [4.69, 9.17) is 0 Å². The molecule has 0 bridgehead atoms. The number of pyridine rings is 1. The first kappa shape index (κ1) is 13.7. The first-order valence-corrected chi connectivity index (χ1v) is 6.63. The number of hydrogen-bond donors (Lipinski definition) is 3. The van der Waals surface area contributed by atoms with Gasteiger partial charge in [-0.2, -0.15) is 0 Å². The standard InChI is InChI=1S/C15H13N5O2/c21-14(17-8-10-2-1-5-16-7-10)15(22)20-11-3-4-12-13(6-11)19-9-18-12/h1-7,9H,8H2,(H,17,21)(H,18,19)(H,20,22). The second kappa shape index (κ2) is 6.04. The Balaban J connectivity index is 1.59. The number of benzene rings is 1. The molecule has 0 saturated heterocycles. The molecule has 2 aromatic heterocycles. The van der Waals surface area contributed by atoms with Gasteiger partial charge in [-0.15, -0.1) is 0 Å². The number of aromatic nitrogens is 3. The molecule has 7 nitrogen and oxygen atoms in total. The number of carbonyl (C=O) groups excluding carboxylic acids is 2. The van der Waals surface area contributed by atoms with E-state index < -0.39 is 11.8 Å². The number of hydrogen-bond acceptors (Lipinski definition) is 4. The molecule has 0 unspecified atom stereocenters. The second-order valence-corrected chi connectivity index (χ2v) is 4.63. The molecule has 3 rings (SSSR count). The van der Waals surface area contributed by atoms with Gasteiger partial charge in [-0.05, 0) is 29.8 Å². The molecule has 0 spiro atoms. The van der Waals surface area contributed by atoms with Crippen LogP contribution >= 0.6 is 0 Å². The van der Waals surface area contributed by atoms with E-state index in [9.17, 15) is 9.59 Å². The maximum Gasteiger partial charge on any atom is 0.313 e. The Morgan fingerprint density at radius 3 is 2.91 bits per heavy atom. The molecule has 0 radical (unpaired) electrons. The predicted molar refractivity (Wildman–Crippen MR) is 80.8 cm³/mol. The highest BCUT2D eigenvalue weighted by Gasteiger charge is 2.13. The summed E-state index contributed by atoms with van der Waals surface area (Å²) in [5.41, 5.74) is 2.92. The number of anilines is 1. The number of rotatable bonds is 3. The molecule has 0 aliphatic heterocycles. The number of H-pyrrole nitrogens is 1. The van der Waals surface area contributed by atoms with E-state index in [1.54, 1.807) is 43.0 Å². The molecule has 7 heteroatoms. The minimum absolute atomic E-state index is 0.250. The van der Waals surface area contributed by atoms with Gasteiger partial charge in [0, 0.05) is 24.6 Å². The molecule has 0 aliphatic carbocycles. The van der Waals surface area contributed by atoms with E-state index in [0.29, 0.717) is 5.69 Å². The SMILES string of the molecule is O=C(NCc1cccnc1)C(=O)Nc1ccc2nc[nH]c2c1. The van der Waals surface area contributed by atoms with E-state index in [0.717, 1.165) is 16.6 Å². The van der Waals surface area contributed by atoms with E-state index in [-0.39, 0.29) is 6.54 Å². The molecule has 0 saturated carbocycles. The Bertz CT molecular complexity index is 813. The Kier molecular flexibility index (Phi) is 3.78. The summed E-state index contributed by atoms with van der Waals surface area (Å²) in [7, 11) is 0. The van der Waals surface area contributed by atoms with E-state index in [1.165, 1.54) is 0 Å². The van der Waals surface area contributed by atoms with Gasteiger partial charge in [0.15, 0.2) is 0 Å². The summed E-state index contributed by atoms with van der Waals surface area (Å²) < 4.78 is 0. The number of imidazole rings is 1. The summed E-state index contributed by atoms with van der Waals surface area (Å²) in [6.07, 6.45) is 4.84. The average Bonchev–Trinajstić information content (AvgIpc) is 3.01. The normalized spacial score (nSPS) is 10.4. The van der Waals surface area contributed by atoms with Gasteiger partial charge in [0.05, 0.1) is 17.4 Å². The molecule has 0 fully saturated rings. The summed E-state index contributed by atoms with van der Waals surface area (Å²) in [6.45, 7) is 0.250. The zero-order valence-corrected chi connectivity index (χ0v) is 11.5. The monoisotopic (exact) mass is 295 g/mol. The summed E-state index contributed by atoms with van der Waals surface area (Å²) in [6, 6.07) is 8.75. The van der Waals surface area contributed by atoms with Crippen molar-refractivity contribution >= 4 is 28.5 Å². The topological polar surface area (TPSA) is 99.8 Å². The molecule has 0 atom stereocenters. The van der Waals surface area contributed by atoms with Crippen LogP contribution < -0.4 is 10.6 Å². The van der Waals surface area contributed by atoms with Crippen LogP contribution in [0.1, 0.15) is 5.56 Å². The lowest BCUT2D eigenvalue weighted by atomic mass is 10.2. The first-order valence-electron chi connectivity index (χ1n) is 6.63. The number of amides is 2. The van der Waals surface area contributed by atoms with Crippen LogP contribution in [-0.4, -0.2) is 26.8 Å². The minimum atomic E-state index is -0.720. The molecule has 3 N–H and O–H groups in total. The minimum Gasteiger partial charge on any atom is -0.345 e. The van der Waals surface area contributed by atoms with Crippen molar-refractivity contribution in [2.24, 2.45) is 0 Å². The smallest absolute Gasteiger partial charge is 0.313 e. The summed E-state index contributed by atoms with van der Waals surface area (Å²) in [4.78, 5) is 34.6. The number of nitrogens with one attached hydrogen (secondary N) is 3. The van der Waals surface area contributed by atoms with Crippen LogP contribution in [0.15, 0.2) is 49.1 Å². The fourth-order valence-corrected chi connectivity index (χ4v) is 1.97. The second-order valence-electron chi connectivity index (χ2n) is 4.63. The number of fused-ring (bicyclic) bond motifs is 1. The van der Waals surface area contributed by atoms with Crippen molar-refractivity contribution in [3.8, 4) is 0 Å². The Morgan fingerprint density at radius 2 is 2.09 bits per heavy atom. The molecule has 2 heterocycles. The molecular weight excluding hydrogens is 282 g/mol. The Hall–Kier alpha value is -3.22. The molecular formula is C15H13N5O2. The van der Waals surface area contributed by atoms with Gasteiger partial charge in [-0.3, -0.25) is 14.6 Å². The zero-order chi connectivity index (χ0) is 15.4. The lowest BCUT2D eigenvalue weighted by Gasteiger charge is -2.06. The maximum atomic E-state index is 11.8. The Labute approximate surface area is 125 Å². The van der Waals surface area contributed by atoms with Crippen LogP contribution in [0.2, 0.25) is 0 Å². The highest BCUT2D eigenvalue weighted by atomic mass is 16.2. The fourth-order valence-electron chi connectivity index (χ4n) is 1.97. The summed E-state index contributed by atoms with van der Waals surface area (Å²) in [5.74, 6) is -1.42. The van der Waals surface area contributed by atoms with Gasteiger partial charge < -0.3 is 15.6 Å². The van der Waals surface area contributed by atoms with Crippen molar-refractivity contribution in [3.63, 3.8) is 0 Å². The number of carbonyl (C=O) groups is 2. The predicted octanol–water partition coefficient (Wildman–Crippen LogP) is 1.21. The van der Waals surface area contributed by atoms with Crippen molar-refractivity contribution in [2.45, 2.75) is 6.54 Å². The molecule has 22 heavy (non-hydrogen) atoms. The fraction of sp³-hybridized carbons (Fsp3) is 0.0667. The summed E-state index contributed by atoms with van der Waals surface area (Å²) >= 11 is 0. The first-order chi connectivity index (χ1) is 10.7. The van der Waals surface area contributed by atoms with Crippen LogP contribution in [0, 0.1) is 0 Å². The van der Waals surface area contributed by atoms with Crippen molar-refractivity contribution in [1.29, 1.82) is 0 Å². The summed E-state index contributed by atoms with van der Waals surface area (Å²) in [5, 5.41) is 5.09. The van der Waals surface area contributed by atoms with Gasteiger partial charge in [0.2, 0.25) is 0 Å². The Morgan fingerprint density at radius 1 is 1.18 bits per heavy atom. The molecule has 0 aliphatic rings. The van der Waals surface area contributed by atoms with Gasteiger partial charge in [-0.1, -0.05) is 6.07 Å². The van der Waals surface area contributed by atoms with E-state index >= 15 is 0 Å². The van der Waals surface area contributed by atoms with Crippen molar-refractivity contribution in [1.82, 2.24) is 20.3 Å². The number of aromatic amines is 1. The molecule has 1 aromatic carbocycles. The third kappa shape index (κ3) is 3.09. The quantitative estimate of drug-likeness (QED) is 0.632. The van der Waals surface area contributed by atoms with Crippen LogP contribution in [-0.2, 0) is 16.1 Å². The van der Waals surface area contributed by atoms with E-state index in [1.807, 2.05) is 6.07 Å². The van der Waals surface area contributed by atoms with Gasteiger partial charge >= 0.3 is 11.8 Å². The molecule has 2 amide bonds. The number of nitrogens with zero attached hydrogens (tertiary/aromatic N) is 2. The van der Waals surface area contributed by atoms with Crippen molar-refractivity contribution in [3.05, 3.63) is 54.6 Å². The maximum absolute atomic E-state index is 11.8. The third-order valence-electron chi connectivity index (χ3n) is 3.06. The van der Waals surface area contributed by atoms with Crippen LogP contribution in [0.4, 0.5) is 5.69 Å². The van der Waals surface area contributed by atoms with Crippen LogP contribution in [0.5, 0.6) is 0 Å². The molecule has 3 aromatic rings. The van der Waals surface area contributed by atoms with E-state index in [2.05, 4.69) is 25.6 Å². The van der Waals surface area contributed by atoms with Crippen molar-refractivity contribution < 1.29 is 9.59 Å². The van der Waals surface area contributed by atoms with Crippen molar-refractivity contribution in [2.75, 3.05) is 5.32 Å². The van der Waals surface area contributed by atoms with Crippen LogP contribution in [0.3, 0.4) is 0 Å². The van der Waals surface area contributed by atoms with Crippen LogP contribution in [0.25, 0.3) is 11.0 Å².